The number of ether oxygens (including phenoxy) is 2. The van der Waals surface area contributed by atoms with Gasteiger partial charge in [0.15, 0.2) is 0 Å². The molecule has 0 amide bonds. The lowest BCUT2D eigenvalue weighted by atomic mass is 10.3. The van der Waals surface area contributed by atoms with Crippen LogP contribution in [0.1, 0.15) is 0 Å². The minimum Gasteiger partial charge on any atom is -0.495 e. The monoisotopic (exact) mass is 233 g/mol. The zero-order chi connectivity index (χ0) is 12.7. The highest BCUT2D eigenvalue weighted by Gasteiger charge is 2.10. The Bertz CT molecular complexity index is 477. The van der Waals surface area contributed by atoms with Gasteiger partial charge in [-0.15, -0.1) is 0 Å². The highest BCUT2D eigenvalue weighted by atomic mass is 16.5. The van der Waals surface area contributed by atoms with Crippen molar-refractivity contribution in [2.75, 3.05) is 19.6 Å². The molecular weight excluding hydrogens is 222 g/mol. The molecule has 0 aliphatic heterocycles. The van der Waals surface area contributed by atoms with E-state index < -0.39 is 5.97 Å². The van der Waals surface area contributed by atoms with E-state index in [1.165, 1.54) is 14.2 Å². The smallest absolute Gasteiger partial charge is 0.369 e. The van der Waals surface area contributed by atoms with Crippen molar-refractivity contribution >= 4 is 17.4 Å². The molecular formula is C11H11N3O3. The third-order valence-electron chi connectivity index (χ3n) is 1.88. The Kier molecular flexibility index (Phi) is 4.51. The van der Waals surface area contributed by atoms with E-state index in [1.807, 2.05) is 0 Å². The zero-order valence-corrected chi connectivity index (χ0v) is 9.43. The molecule has 88 valence electrons. The van der Waals surface area contributed by atoms with E-state index in [-0.39, 0.29) is 5.71 Å². The van der Waals surface area contributed by atoms with Crippen LogP contribution in [-0.4, -0.2) is 25.9 Å². The van der Waals surface area contributed by atoms with Gasteiger partial charge in [0.2, 0.25) is 5.71 Å². The summed E-state index contributed by atoms with van der Waals surface area (Å²) in [6.07, 6.45) is 0. The van der Waals surface area contributed by atoms with Gasteiger partial charge < -0.3 is 9.47 Å². The van der Waals surface area contributed by atoms with Crippen molar-refractivity contribution in [2.45, 2.75) is 0 Å². The Hall–Kier alpha value is -2.55. The number of carbonyl (C=O) groups is 1. The molecule has 0 fully saturated rings. The van der Waals surface area contributed by atoms with E-state index in [4.69, 9.17) is 10.00 Å². The molecule has 0 atom stereocenters. The quantitative estimate of drug-likeness (QED) is 0.479. The molecule has 6 nitrogen and oxygen atoms in total. The number of methoxy groups -OCH3 is 2. The van der Waals surface area contributed by atoms with E-state index in [1.54, 1.807) is 30.3 Å². The van der Waals surface area contributed by atoms with Crippen molar-refractivity contribution < 1.29 is 14.3 Å². The Morgan fingerprint density at radius 3 is 2.71 bits per heavy atom. The van der Waals surface area contributed by atoms with Crippen LogP contribution in [0.5, 0.6) is 5.75 Å². The Balaban J connectivity index is 2.88. The summed E-state index contributed by atoms with van der Waals surface area (Å²) < 4.78 is 9.45. The van der Waals surface area contributed by atoms with Crippen LogP contribution in [-0.2, 0) is 9.53 Å². The van der Waals surface area contributed by atoms with E-state index in [2.05, 4.69) is 15.3 Å². The molecule has 0 aliphatic rings. The van der Waals surface area contributed by atoms with Gasteiger partial charge in [-0.1, -0.05) is 12.1 Å². The largest absolute Gasteiger partial charge is 0.495 e. The first-order valence-corrected chi connectivity index (χ1v) is 4.68. The molecule has 0 spiro atoms. The van der Waals surface area contributed by atoms with Crippen LogP contribution >= 0.6 is 0 Å². The van der Waals surface area contributed by atoms with Gasteiger partial charge in [0.05, 0.1) is 19.9 Å². The lowest BCUT2D eigenvalue weighted by Gasteiger charge is -2.06. The van der Waals surface area contributed by atoms with Gasteiger partial charge in [0.1, 0.15) is 11.8 Å². The molecule has 1 N–H and O–H groups in total. The molecule has 0 saturated carbocycles. The van der Waals surface area contributed by atoms with Crippen molar-refractivity contribution in [1.29, 1.82) is 5.26 Å². The fourth-order valence-corrected chi connectivity index (χ4v) is 1.07. The predicted molar refractivity (Wildman–Crippen MR) is 61.7 cm³/mol. The molecule has 1 rings (SSSR count). The number of nitrogens with one attached hydrogen (secondary N) is 1. The maximum atomic E-state index is 11.1. The summed E-state index contributed by atoms with van der Waals surface area (Å²) in [7, 11) is 2.69. The molecule has 0 radical (unpaired) electrons. The van der Waals surface area contributed by atoms with Crippen molar-refractivity contribution in [3.63, 3.8) is 0 Å². The maximum absolute atomic E-state index is 11.1. The SMILES string of the molecule is COC(=O)/C(C#N)=N\Nc1ccccc1OC. The third-order valence-corrected chi connectivity index (χ3v) is 1.88. The highest BCUT2D eigenvalue weighted by Crippen LogP contribution is 2.22. The Morgan fingerprint density at radius 2 is 2.12 bits per heavy atom. The Labute approximate surface area is 98.5 Å². The molecule has 0 heterocycles. The van der Waals surface area contributed by atoms with E-state index >= 15 is 0 Å². The fraction of sp³-hybridized carbons (Fsp3) is 0.182. The average Bonchev–Trinajstić information content (AvgIpc) is 2.39. The molecule has 1 aromatic carbocycles. The van der Waals surface area contributed by atoms with Crippen molar-refractivity contribution in [3.8, 4) is 11.8 Å². The van der Waals surface area contributed by atoms with Crippen LogP contribution in [0.2, 0.25) is 0 Å². The second-order valence-corrected chi connectivity index (χ2v) is 2.88. The molecule has 6 heteroatoms. The number of hydrogen-bond donors (Lipinski definition) is 1. The van der Waals surface area contributed by atoms with Crippen molar-refractivity contribution in [3.05, 3.63) is 24.3 Å². The second-order valence-electron chi connectivity index (χ2n) is 2.88. The van der Waals surface area contributed by atoms with Gasteiger partial charge in [-0.2, -0.15) is 10.4 Å². The first kappa shape index (κ1) is 12.5. The number of hydrogen-bond acceptors (Lipinski definition) is 6. The minimum absolute atomic E-state index is 0.363. The minimum atomic E-state index is -0.796. The molecule has 0 bridgehead atoms. The molecule has 0 saturated heterocycles. The summed E-state index contributed by atoms with van der Waals surface area (Å²) in [5.41, 5.74) is 2.76. The fourth-order valence-electron chi connectivity index (χ4n) is 1.07. The number of hydrazone groups is 1. The van der Waals surface area contributed by atoms with Crippen molar-refractivity contribution in [1.82, 2.24) is 0 Å². The third kappa shape index (κ3) is 3.21. The van der Waals surface area contributed by atoms with Gasteiger partial charge in [0.25, 0.3) is 0 Å². The molecule has 0 unspecified atom stereocenters. The molecule has 0 aromatic heterocycles. The summed E-state index contributed by atoms with van der Waals surface area (Å²) in [5.74, 6) is -0.242. The first-order chi connectivity index (χ1) is 8.22. The number of rotatable bonds is 4. The van der Waals surface area contributed by atoms with Gasteiger partial charge in [-0.3, -0.25) is 5.43 Å². The number of nitrogens with zero attached hydrogens (tertiary/aromatic N) is 2. The van der Waals surface area contributed by atoms with Crippen LogP contribution in [0.25, 0.3) is 0 Å². The standard InChI is InChI=1S/C11H11N3O3/c1-16-10-6-4-3-5-8(10)13-14-9(7-12)11(15)17-2/h3-6,13H,1-2H3/b14-9-. The number of carbonyl (C=O) groups excluding carboxylic acids is 1. The van der Waals surface area contributed by atoms with E-state index in [9.17, 15) is 4.79 Å². The Morgan fingerprint density at radius 1 is 1.41 bits per heavy atom. The summed E-state index contributed by atoms with van der Waals surface area (Å²) >= 11 is 0. The van der Waals surface area contributed by atoms with Gasteiger partial charge in [0, 0.05) is 0 Å². The highest BCUT2D eigenvalue weighted by molar-refractivity contribution is 6.43. The van der Waals surface area contributed by atoms with Crippen LogP contribution < -0.4 is 10.2 Å². The normalized spacial score (nSPS) is 10.3. The van der Waals surface area contributed by atoms with Gasteiger partial charge in [-0.05, 0) is 12.1 Å². The molecule has 17 heavy (non-hydrogen) atoms. The molecule has 0 aliphatic carbocycles. The second kappa shape index (κ2) is 6.12. The summed E-state index contributed by atoms with van der Waals surface area (Å²) in [6, 6.07) is 8.62. The number of para-hydroxylation sites is 2. The predicted octanol–water partition coefficient (Wildman–Crippen LogP) is 1.16. The lowest BCUT2D eigenvalue weighted by molar-refractivity contribution is -0.132. The zero-order valence-electron chi connectivity index (χ0n) is 9.43. The number of anilines is 1. The summed E-state index contributed by atoms with van der Waals surface area (Å²) in [6.45, 7) is 0. The van der Waals surface area contributed by atoms with Crippen LogP contribution in [0, 0.1) is 11.3 Å². The van der Waals surface area contributed by atoms with Crippen molar-refractivity contribution in [2.24, 2.45) is 5.10 Å². The lowest BCUT2D eigenvalue weighted by Crippen LogP contribution is -2.15. The van der Waals surface area contributed by atoms with Gasteiger partial charge >= 0.3 is 5.97 Å². The van der Waals surface area contributed by atoms with E-state index in [0.29, 0.717) is 11.4 Å². The summed E-state index contributed by atoms with van der Waals surface area (Å²) in [5, 5.41) is 12.3. The number of nitriles is 1. The first-order valence-electron chi connectivity index (χ1n) is 4.68. The average molecular weight is 233 g/mol. The van der Waals surface area contributed by atoms with Crippen LogP contribution in [0.15, 0.2) is 29.4 Å². The number of esters is 1. The van der Waals surface area contributed by atoms with E-state index in [0.717, 1.165) is 0 Å². The topological polar surface area (TPSA) is 83.7 Å². The van der Waals surface area contributed by atoms with Crippen LogP contribution in [0.4, 0.5) is 5.69 Å². The summed E-state index contributed by atoms with van der Waals surface area (Å²) in [4.78, 5) is 11.1. The maximum Gasteiger partial charge on any atom is 0.369 e. The number of benzene rings is 1. The molecule has 1 aromatic rings. The van der Waals surface area contributed by atoms with Gasteiger partial charge in [-0.25, -0.2) is 4.79 Å². The van der Waals surface area contributed by atoms with Crippen LogP contribution in [0.3, 0.4) is 0 Å².